The van der Waals surface area contributed by atoms with E-state index in [-0.39, 0.29) is 0 Å². The molecule has 0 bridgehead atoms. The van der Waals surface area contributed by atoms with Crippen LogP contribution in [0.15, 0.2) is 30.5 Å². The van der Waals surface area contributed by atoms with E-state index in [1.807, 2.05) is 30.5 Å². The lowest BCUT2D eigenvalue weighted by atomic mass is 10.2. The molecule has 1 aliphatic heterocycles. The zero-order valence-corrected chi connectivity index (χ0v) is 10.2. The van der Waals surface area contributed by atoms with Crippen molar-refractivity contribution < 1.29 is 0 Å². The third kappa shape index (κ3) is 2.08. The average Bonchev–Trinajstić information content (AvgIpc) is 3.00. The van der Waals surface area contributed by atoms with Crippen molar-refractivity contribution in [1.82, 2.24) is 15.3 Å². The van der Waals surface area contributed by atoms with Gasteiger partial charge in [0.1, 0.15) is 5.82 Å². The van der Waals surface area contributed by atoms with E-state index < -0.39 is 0 Å². The number of benzene rings is 1. The number of imidazole rings is 1. The van der Waals surface area contributed by atoms with Gasteiger partial charge in [0.05, 0.1) is 17.9 Å². The third-order valence-corrected chi connectivity index (χ3v) is 3.48. The number of hydrogen-bond donors (Lipinski definition) is 2. The van der Waals surface area contributed by atoms with Gasteiger partial charge in [-0.3, -0.25) is 0 Å². The van der Waals surface area contributed by atoms with Crippen LogP contribution in [-0.4, -0.2) is 16.5 Å². The summed E-state index contributed by atoms with van der Waals surface area (Å²) >= 11 is 6.16. The molecule has 0 saturated carbocycles. The van der Waals surface area contributed by atoms with Crippen LogP contribution in [0.5, 0.6) is 0 Å². The maximum Gasteiger partial charge on any atom is 0.123 e. The van der Waals surface area contributed by atoms with Crippen LogP contribution in [0.25, 0.3) is 11.3 Å². The van der Waals surface area contributed by atoms with Crippen molar-refractivity contribution in [1.29, 1.82) is 0 Å². The highest BCUT2D eigenvalue weighted by molar-refractivity contribution is 6.33. The molecule has 17 heavy (non-hydrogen) atoms. The topological polar surface area (TPSA) is 40.7 Å². The van der Waals surface area contributed by atoms with Gasteiger partial charge in [-0.15, -0.1) is 0 Å². The van der Waals surface area contributed by atoms with Gasteiger partial charge in [-0.05, 0) is 25.5 Å². The second kappa shape index (κ2) is 4.51. The van der Waals surface area contributed by atoms with Crippen molar-refractivity contribution in [3.05, 3.63) is 41.3 Å². The standard InChI is InChI=1S/C13H14ClN3/c14-10-5-2-1-4-9(10)12-8-16-13(17-12)11-6-3-7-15-11/h1-2,4-5,8,11,15H,3,6-7H2,(H,16,17). The highest BCUT2D eigenvalue weighted by atomic mass is 35.5. The van der Waals surface area contributed by atoms with Crippen molar-refractivity contribution in [2.45, 2.75) is 18.9 Å². The first-order valence-electron chi connectivity index (χ1n) is 5.88. The van der Waals surface area contributed by atoms with Crippen molar-refractivity contribution in [2.75, 3.05) is 6.54 Å². The number of rotatable bonds is 2. The second-order valence-electron chi connectivity index (χ2n) is 4.31. The van der Waals surface area contributed by atoms with Crippen molar-refractivity contribution >= 4 is 11.6 Å². The van der Waals surface area contributed by atoms with Crippen LogP contribution in [0.4, 0.5) is 0 Å². The molecule has 3 nitrogen and oxygen atoms in total. The van der Waals surface area contributed by atoms with Crippen LogP contribution in [0.3, 0.4) is 0 Å². The van der Waals surface area contributed by atoms with Crippen LogP contribution >= 0.6 is 11.6 Å². The first-order valence-corrected chi connectivity index (χ1v) is 6.25. The van der Waals surface area contributed by atoms with Crippen LogP contribution in [-0.2, 0) is 0 Å². The molecule has 1 aliphatic rings. The number of aromatic nitrogens is 2. The molecule has 2 N–H and O–H groups in total. The molecule has 2 heterocycles. The van der Waals surface area contributed by atoms with E-state index in [0.717, 1.165) is 35.1 Å². The quantitative estimate of drug-likeness (QED) is 0.856. The molecule has 1 atom stereocenters. The number of nitrogens with one attached hydrogen (secondary N) is 2. The molecule has 3 rings (SSSR count). The monoisotopic (exact) mass is 247 g/mol. The average molecular weight is 248 g/mol. The Balaban J connectivity index is 1.92. The molecule has 0 aliphatic carbocycles. The summed E-state index contributed by atoms with van der Waals surface area (Å²) in [5.74, 6) is 1.01. The van der Waals surface area contributed by atoms with Crippen LogP contribution in [0.1, 0.15) is 24.7 Å². The largest absolute Gasteiger partial charge is 0.341 e. The first kappa shape index (κ1) is 10.8. The number of halogens is 1. The summed E-state index contributed by atoms with van der Waals surface area (Å²) in [7, 11) is 0. The zero-order valence-electron chi connectivity index (χ0n) is 9.41. The molecule has 1 aromatic carbocycles. The molecule has 1 fully saturated rings. The fourth-order valence-electron chi connectivity index (χ4n) is 2.25. The SMILES string of the molecule is Clc1ccccc1-c1cnc(C2CCCN2)[nH]1. The fourth-order valence-corrected chi connectivity index (χ4v) is 2.49. The van der Waals surface area contributed by atoms with E-state index in [0.29, 0.717) is 6.04 Å². The minimum absolute atomic E-state index is 0.367. The molecule has 0 radical (unpaired) electrons. The lowest BCUT2D eigenvalue weighted by Crippen LogP contribution is -2.14. The molecular weight excluding hydrogens is 234 g/mol. The molecule has 1 saturated heterocycles. The van der Waals surface area contributed by atoms with Crippen molar-refractivity contribution in [2.24, 2.45) is 0 Å². The Hall–Kier alpha value is -1.32. The Kier molecular flexibility index (Phi) is 2.87. The minimum Gasteiger partial charge on any atom is -0.341 e. The Labute approximate surface area is 105 Å². The highest BCUT2D eigenvalue weighted by Crippen LogP contribution is 2.28. The van der Waals surface area contributed by atoms with Gasteiger partial charge in [-0.25, -0.2) is 4.98 Å². The summed E-state index contributed by atoms with van der Waals surface area (Å²) in [6, 6.07) is 8.18. The molecule has 2 aromatic rings. The molecule has 1 unspecified atom stereocenters. The minimum atomic E-state index is 0.367. The van der Waals surface area contributed by atoms with Crippen molar-refractivity contribution in [3.8, 4) is 11.3 Å². The van der Waals surface area contributed by atoms with E-state index in [2.05, 4.69) is 15.3 Å². The van der Waals surface area contributed by atoms with Crippen LogP contribution in [0.2, 0.25) is 5.02 Å². The van der Waals surface area contributed by atoms with Gasteiger partial charge in [0.2, 0.25) is 0 Å². The lowest BCUT2D eigenvalue weighted by Gasteiger charge is -2.05. The molecule has 1 aromatic heterocycles. The summed E-state index contributed by atoms with van der Waals surface area (Å²) in [6.45, 7) is 1.08. The van der Waals surface area contributed by atoms with Gasteiger partial charge < -0.3 is 10.3 Å². The first-order chi connectivity index (χ1) is 8.34. The summed E-state index contributed by atoms with van der Waals surface area (Å²) in [5, 5.41) is 4.18. The zero-order chi connectivity index (χ0) is 11.7. The number of nitrogens with zero attached hydrogens (tertiary/aromatic N) is 1. The Morgan fingerprint density at radius 1 is 1.29 bits per heavy atom. The predicted octanol–water partition coefficient (Wildman–Crippen LogP) is 3.15. The van der Waals surface area contributed by atoms with E-state index in [9.17, 15) is 0 Å². The normalized spacial score (nSPS) is 19.7. The van der Waals surface area contributed by atoms with Gasteiger partial charge in [0, 0.05) is 10.6 Å². The van der Waals surface area contributed by atoms with E-state index in [1.54, 1.807) is 0 Å². The van der Waals surface area contributed by atoms with Gasteiger partial charge in [-0.2, -0.15) is 0 Å². The molecular formula is C13H14ClN3. The Morgan fingerprint density at radius 3 is 2.94 bits per heavy atom. The molecule has 88 valence electrons. The molecule has 0 spiro atoms. The van der Waals surface area contributed by atoms with Crippen LogP contribution < -0.4 is 5.32 Å². The Morgan fingerprint density at radius 2 is 2.18 bits per heavy atom. The fraction of sp³-hybridized carbons (Fsp3) is 0.308. The Bertz CT molecular complexity index is 515. The number of hydrogen-bond acceptors (Lipinski definition) is 2. The van der Waals surface area contributed by atoms with E-state index >= 15 is 0 Å². The summed E-state index contributed by atoms with van der Waals surface area (Å²) in [5.41, 5.74) is 1.99. The maximum atomic E-state index is 6.16. The smallest absolute Gasteiger partial charge is 0.123 e. The summed E-state index contributed by atoms with van der Waals surface area (Å²) < 4.78 is 0. The van der Waals surface area contributed by atoms with Crippen molar-refractivity contribution in [3.63, 3.8) is 0 Å². The second-order valence-corrected chi connectivity index (χ2v) is 4.72. The maximum absolute atomic E-state index is 6.16. The van der Waals surface area contributed by atoms with Crippen LogP contribution in [0, 0.1) is 0 Å². The summed E-state index contributed by atoms with van der Waals surface area (Å²) in [4.78, 5) is 7.79. The van der Waals surface area contributed by atoms with E-state index in [1.165, 1.54) is 6.42 Å². The third-order valence-electron chi connectivity index (χ3n) is 3.15. The predicted molar refractivity (Wildman–Crippen MR) is 69.0 cm³/mol. The van der Waals surface area contributed by atoms with Gasteiger partial charge in [-0.1, -0.05) is 29.8 Å². The van der Waals surface area contributed by atoms with Gasteiger partial charge >= 0.3 is 0 Å². The molecule has 0 amide bonds. The van der Waals surface area contributed by atoms with E-state index in [4.69, 9.17) is 11.6 Å². The number of H-pyrrole nitrogens is 1. The molecule has 4 heteroatoms. The summed E-state index contributed by atoms with van der Waals surface area (Å²) in [6.07, 6.45) is 4.22. The van der Waals surface area contributed by atoms with Gasteiger partial charge in [0.15, 0.2) is 0 Å². The highest BCUT2D eigenvalue weighted by Gasteiger charge is 2.19. The lowest BCUT2D eigenvalue weighted by molar-refractivity contribution is 0.613. The number of aromatic amines is 1. The van der Waals surface area contributed by atoms with Gasteiger partial charge in [0.25, 0.3) is 0 Å².